The molecule has 2 aliphatic rings. The zero-order valence-electron chi connectivity index (χ0n) is 26.7. The third-order valence-corrected chi connectivity index (χ3v) is 7.75. The molecule has 2 N–H and O–H groups in total. The lowest BCUT2D eigenvalue weighted by molar-refractivity contribution is -0.125. The number of ketones is 1. The van der Waals surface area contributed by atoms with Crippen molar-refractivity contribution in [1.29, 1.82) is 0 Å². The van der Waals surface area contributed by atoms with Gasteiger partial charge in [-0.1, -0.05) is 110 Å². The molecule has 0 unspecified atom stereocenters. The maximum absolute atomic E-state index is 11.3. The molecule has 38 heavy (non-hydrogen) atoms. The predicted octanol–water partition coefficient (Wildman–Crippen LogP) is 9.31. The monoisotopic (exact) mass is 539 g/mol. The maximum Gasteiger partial charge on any atom is 0.135 e. The fourth-order valence-electron chi connectivity index (χ4n) is 4.55. The van der Waals surface area contributed by atoms with Gasteiger partial charge in [-0.15, -0.1) is 0 Å². The molecule has 0 atom stereocenters. The Morgan fingerprint density at radius 3 is 1.84 bits per heavy atom. The molecule has 1 heterocycles. The number of hydrogen-bond acceptors (Lipinski definition) is 3. The Morgan fingerprint density at radius 1 is 0.816 bits per heavy atom. The zero-order chi connectivity index (χ0) is 27.6. The summed E-state index contributed by atoms with van der Waals surface area (Å²) in [6, 6.07) is 0. The molecule has 4 heteroatoms. The van der Waals surface area contributed by atoms with Gasteiger partial charge in [-0.05, 0) is 78.4 Å². The lowest BCUT2D eigenvalue weighted by Crippen LogP contribution is -2.23. The second-order valence-electron chi connectivity index (χ2n) is 11.8. The summed E-state index contributed by atoms with van der Waals surface area (Å²) in [5.41, 5.74) is 1.48. The van der Waals surface area contributed by atoms with Gasteiger partial charge in [0, 0.05) is 25.0 Å². The summed E-state index contributed by atoms with van der Waals surface area (Å²) in [6.45, 7) is 18.0. The number of unbranched alkanes of at least 4 members (excludes halogenated alkanes) is 11. The van der Waals surface area contributed by atoms with E-state index in [1.54, 1.807) is 12.5 Å². The number of Topliss-reactive ketones (excluding diaryl/α,β-unsaturated/α-hetero) is 1. The Bertz CT molecular complexity index is 532. The van der Waals surface area contributed by atoms with E-state index in [1.807, 2.05) is 6.92 Å². The molecule has 0 aromatic rings. The van der Waals surface area contributed by atoms with Crippen LogP contribution in [0.15, 0.2) is 11.6 Å². The van der Waals surface area contributed by atoms with Gasteiger partial charge in [0.25, 0.3) is 0 Å². The number of carbonyl (C=O) groups excluding carboxylic acids is 1. The summed E-state index contributed by atoms with van der Waals surface area (Å²) in [7, 11) is 0. The van der Waals surface area contributed by atoms with Crippen molar-refractivity contribution in [2.24, 2.45) is 5.41 Å². The average molecular weight is 539 g/mol. The average Bonchev–Trinajstić information content (AvgIpc) is 3.56. The summed E-state index contributed by atoms with van der Waals surface area (Å²) in [5.74, 6) is 0.323. The number of allylic oxidation sites excluding steroid dienone is 2. The van der Waals surface area contributed by atoms with Crippen LogP contribution in [0.1, 0.15) is 157 Å². The number of nitrogens with zero attached hydrogens (tertiary/aromatic N) is 1. The first-order chi connectivity index (χ1) is 17.9. The van der Waals surface area contributed by atoms with Gasteiger partial charge in [0.05, 0.1) is 0 Å². The summed E-state index contributed by atoms with van der Waals surface area (Å²) < 4.78 is 5.14. The largest absolute Gasteiger partial charge is 0.412 e. The van der Waals surface area contributed by atoms with Crippen LogP contribution < -0.4 is 0 Å². The van der Waals surface area contributed by atoms with Gasteiger partial charge in [0.15, 0.2) is 0 Å². The van der Waals surface area contributed by atoms with Gasteiger partial charge in [0.1, 0.15) is 5.78 Å². The van der Waals surface area contributed by atoms with Crippen molar-refractivity contribution in [1.82, 2.24) is 4.90 Å². The lowest BCUT2D eigenvalue weighted by Gasteiger charge is -2.21. The molecule has 1 aliphatic carbocycles. The molecule has 4 nitrogen and oxygen atoms in total. The Labute approximate surface area is 239 Å². The minimum absolute atomic E-state index is 0. The van der Waals surface area contributed by atoms with Crippen molar-refractivity contribution in [2.75, 3.05) is 32.8 Å². The number of carbonyl (C=O) groups is 1. The highest BCUT2D eigenvalue weighted by atomic mass is 16.5. The van der Waals surface area contributed by atoms with Crippen LogP contribution >= 0.6 is 0 Å². The molecule has 0 aromatic heterocycles. The van der Waals surface area contributed by atoms with Crippen molar-refractivity contribution in [3.05, 3.63) is 18.1 Å². The van der Waals surface area contributed by atoms with Gasteiger partial charge >= 0.3 is 0 Å². The topological polar surface area (TPSA) is 61.0 Å². The number of hydrogen-bond donors (Lipinski definition) is 0. The van der Waals surface area contributed by atoms with E-state index in [-0.39, 0.29) is 10.9 Å². The number of rotatable bonds is 21. The van der Waals surface area contributed by atoms with Crippen molar-refractivity contribution in [3.63, 3.8) is 0 Å². The second kappa shape index (κ2) is 27.8. The van der Waals surface area contributed by atoms with Crippen molar-refractivity contribution in [2.45, 2.75) is 157 Å². The van der Waals surface area contributed by atoms with Gasteiger partial charge in [-0.2, -0.15) is 0 Å². The summed E-state index contributed by atoms with van der Waals surface area (Å²) >= 11 is 0. The number of ether oxygens (including phenoxy) is 1. The molecule has 1 aliphatic heterocycles. The summed E-state index contributed by atoms with van der Waals surface area (Å²) in [6.07, 6.45) is 28.8. The molecule has 0 aromatic carbocycles. The summed E-state index contributed by atoms with van der Waals surface area (Å²) in [5, 5.41) is 0. The van der Waals surface area contributed by atoms with Crippen LogP contribution in [0.25, 0.3) is 0 Å². The van der Waals surface area contributed by atoms with Gasteiger partial charge in [0.2, 0.25) is 0 Å². The van der Waals surface area contributed by atoms with E-state index < -0.39 is 0 Å². The van der Waals surface area contributed by atoms with Gasteiger partial charge < -0.3 is 15.1 Å². The predicted molar refractivity (Wildman–Crippen MR) is 168 cm³/mol. The molecule has 1 fully saturated rings. The van der Waals surface area contributed by atoms with Crippen LogP contribution in [0.3, 0.4) is 0 Å². The molecule has 227 valence electrons. The SMILES string of the molecule is CC(=O)C(C)(C)CCCCN1CCCC1.CCCCCCCCCCCC1=C[CH]1.CCCCCOCC.O. The maximum atomic E-state index is 11.3. The van der Waals surface area contributed by atoms with Crippen molar-refractivity contribution >= 4 is 5.78 Å². The van der Waals surface area contributed by atoms with Crippen LogP contribution in [0.4, 0.5) is 0 Å². The highest BCUT2D eigenvalue weighted by molar-refractivity contribution is 5.81. The first kappa shape index (κ1) is 39.4. The van der Waals surface area contributed by atoms with E-state index in [0.29, 0.717) is 5.78 Å². The Morgan fingerprint density at radius 2 is 1.34 bits per heavy atom. The zero-order valence-corrected chi connectivity index (χ0v) is 26.7. The van der Waals surface area contributed by atoms with Crippen LogP contribution in [-0.4, -0.2) is 49.0 Å². The highest BCUT2D eigenvalue weighted by Crippen LogP contribution is 2.25. The first-order valence-corrected chi connectivity index (χ1v) is 16.2. The smallest absolute Gasteiger partial charge is 0.135 e. The molecule has 0 saturated carbocycles. The minimum atomic E-state index is -0.106. The molecular weight excluding hydrogens is 470 g/mol. The fourth-order valence-corrected chi connectivity index (χ4v) is 4.55. The molecule has 0 spiro atoms. The molecule has 1 radical (unpaired) electrons. The second-order valence-corrected chi connectivity index (χ2v) is 11.8. The van der Waals surface area contributed by atoms with E-state index in [2.05, 4.69) is 45.1 Å². The van der Waals surface area contributed by atoms with Crippen LogP contribution in [-0.2, 0) is 9.53 Å². The fraction of sp³-hybridized carbons (Fsp3) is 0.882. The van der Waals surface area contributed by atoms with E-state index in [9.17, 15) is 4.79 Å². The Balaban J connectivity index is 0. The Hall–Kier alpha value is -0.710. The summed E-state index contributed by atoms with van der Waals surface area (Å²) in [4.78, 5) is 13.8. The van der Waals surface area contributed by atoms with E-state index in [0.717, 1.165) is 19.6 Å². The molecular formula is C34H68NO3. The van der Waals surface area contributed by atoms with Crippen molar-refractivity contribution < 1.29 is 15.0 Å². The molecule has 1 saturated heterocycles. The highest BCUT2D eigenvalue weighted by Gasteiger charge is 2.22. The van der Waals surface area contributed by atoms with Crippen LogP contribution in [0.5, 0.6) is 0 Å². The van der Waals surface area contributed by atoms with Crippen LogP contribution in [0, 0.1) is 11.8 Å². The normalized spacial score (nSPS) is 14.5. The standard InChI is InChI=1S/C14H25.C13H25NO.C7H16O.H2O/c1-2-3-4-5-6-7-8-9-10-11-14-12-13-14;1-12(15)13(2,3)8-4-5-9-14-10-6-7-11-14;1-3-5-6-7-8-4-2;/h12-13H,2-11H2,1H3;4-11H2,1-3H3;3-7H2,1-2H3;1H2. The quantitative estimate of drug-likeness (QED) is 0.137. The van der Waals surface area contributed by atoms with Crippen LogP contribution in [0.2, 0.25) is 0 Å². The molecule has 2 rings (SSSR count). The van der Waals surface area contributed by atoms with E-state index in [1.165, 1.54) is 129 Å². The van der Waals surface area contributed by atoms with Crippen molar-refractivity contribution in [3.8, 4) is 0 Å². The van der Waals surface area contributed by atoms with E-state index in [4.69, 9.17) is 4.74 Å². The first-order valence-electron chi connectivity index (χ1n) is 16.2. The Kier molecular flexibility index (Phi) is 28.9. The van der Waals surface area contributed by atoms with Gasteiger partial charge in [-0.25, -0.2) is 0 Å². The molecule has 0 bridgehead atoms. The third-order valence-electron chi connectivity index (χ3n) is 7.75. The number of likely N-dealkylation sites (tertiary alicyclic amines) is 1. The van der Waals surface area contributed by atoms with E-state index >= 15 is 0 Å². The molecule has 0 amide bonds. The third kappa shape index (κ3) is 26.9. The minimum Gasteiger partial charge on any atom is -0.412 e. The lowest BCUT2D eigenvalue weighted by atomic mass is 9.83. The van der Waals surface area contributed by atoms with Gasteiger partial charge in [-0.3, -0.25) is 4.79 Å².